The summed E-state index contributed by atoms with van der Waals surface area (Å²) in [6.45, 7) is 5.73. The minimum atomic E-state index is 0. The van der Waals surface area contributed by atoms with Crippen LogP contribution >= 0.6 is 24.0 Å². The van der Waals surface area contributed by atoms with Crippen LogP contribution in [0.25, 0.3) is 0 Å². The molecular formula is C10H20IN5O. The molecule has 0 bridgehead atoms. The molecule has 0 spiro atoms. The smallest absolute Gasteiger partial charge is 0.189 e. The summed E-state index contributed by atoms with van der Waals surface area (Å²) in [6, 6.07) is 0. The highest BCUT2D eigenvalue weighted by Gasteiger charge is 2.04. The normalized spacial score (nSPS) is 11.1. The lowest BCUT2D eigenvalue weighted by Crippen LogP contribution is -2.34. The summed E-state index contributed by atoms with van der Waals surface area (Å²) in [5.74, 6) is 0.428. The van der Waals surface area contributed by atoms with Crippen LogP contribution < -0.4 is 11.1 Å². The van der Waals surface area contributed by atoms with Crippen molar-refractivity contribution in [2.24, 2.45) is 10.7 Å². The number of aromatic amines is 1. The minimum Gasteiger partial charge on any atom is -0.383 e. The molecule has 7 heteroatoms. The van der Waals surface area contributed by atoms with E-state index in [1.165, 1.54) is 0 Å². The van der Waals surface area contributed by atoms with E-state index in [0.717, 1.165) is 17.0 Å². The molecule has 0 aliphatic carbocycles. The Labute approximate surface area is 118 Å². The molecule has 1 aromatic heterocycles. The summed E-state index contributed by atoms with van der Waals surface area (Å²) in [6.07, 6.45) is 0. The van der Waals surface area contributed by atoms with Crippen LogP contribution in [0.3, 0.4) is 0 Å². The molecule has 0 radical (unpaired) electrons. The Morgan fingerprint density at radius 2 is 2.24 bits per heavy atom. The third-order valence-electron chi connectivity index (χ3n) is 2.30. The second-order valence-electron chi connectivity index (χ2n) is 3.53. The standard InChI is InChI=1S/C10H19N5O.HI/c1-7-9(8(2)15-14-7)6-13-10(11)12-4-5-16-3;/h4-6H2,1-3H3,(H,14,15)(H3,11,12,13);1H. The van der Waals surface area contributed by atoms with Gasteiger partial charge in [-0.05, 0) is 13.8 Å². The van der Waals surface area contributed by atoms with Crippen molar-refractivity contribution in [2.75, 3.05) is 20.3 Å². The van der Waals surface area contributed by atoms with E-state index < -0.39 is 0 Å². The van der Waals surface area contributed by atoms with Gasteiger partial charge in [-0.1, -0.05) is 0 Å². The number of guanidine groups is 1. The average Bonchev–Trinajstić information content (AvgIpc) is 2.57. The lowest BCUT2D eigenvalue weighted by Gasteiger charge is -2.04. The van der Waals surface area contributed by atoms with Gasteiger partial charge in [-0.2, -0.15) is 5.10 Å². The fraction of sp³-hybridized carbons (Fsp3) is 0.600. The predicted molar refractivity (Wildman–Crippen MR) is 78.7 cm³/mol. The molecule has 0 amide bonds. The van der Waals surface area contributed by atoms with Crippen LogP contribution in [-0.2, 0) is 11.3 Å². The number of H-pyrrole nitrogens is 1. The molecule has 1 aromatic rings. The number of rotatable bonds is 5. The molecule has 0 fully saturated rings. The van der Waals surface area contributed by atoms with Gasteiger partial charge in [0.15, 0.2) is 5.96 Å². The van der Waals surface area contributed by atoms with Crippen molar-refractivity contribution in [3.8, 4) is 0 Å². The van der Waals surface area contributed by atoms with Gasteiger partial charge < -0.3 is 15.8 Å². The number of aryl methyl sites for hydroxylation is 2. The van der Waals surface area contributed by atoms with Crippen molar-refractivity contribution in [3.05, 3.63) is 17.0 Å². The first-order valence-corrected chi connectivity index (χ1v) is 5.18. The Bertz CT molecular complexity index is 344. The lowest BCUT2D eigenvalue weighted by molar-refractivity contribution is 0.204. The van der Waals surface area contributed by atoms with E-state index in [0.29, 0.717) is 25.7 Å². The topological polar surface area (TPSA) is 88.3 Å². The quantitative estimate of drug-likeness (QED) is 0.315. The Morgan fingerprint density at radius 1 is 1.53 bits per heavy atom. The summed E-state index contributed by atoms with van der Waals surface area (Å²) in [4.78, 5) is 4.23. The number of hydrogen-bond donors (Lipinski definition) is 3. The third-order valence-corrected chi connectivity index (χ3v) is 2.30. The number of methoxy groups -OCH3 is 1. The second kappa shape index (κ2) is 8.29. The van der Waals surface area contributed by atoms with Gasteiger partial charge in [0.25, 0.3) is 0 Å². The summed E-state index contributed by atoms with van der Waals surface area (Å²) in [7, 11) is 1.65. The van der Waals surface area contributed by atoms with Crippen molar-refractivity contribution >= 4 is 29.9 Å². The fourth-order valence-electron chi connectivity index (χ4n) is 1.31. The molecule has 1 rings (SSSR count). The first kappa shape index (κ1) is 16.2. The van der Waals surface area contributed by atoms with Crippen molar-refractivity contribution in [3.63, 3.8) is 0 Å². The summed E-state index contributed by atoms with van der Waals surface area (Å²) in [5.41, 5.74) is 8.78. The van der Waals surface area contributed by atoms with Crippen LogP contribution in [0.4, 0.5) is 0 Å². The highest BCUT2D eigenvalue weighted by Crippen LogP contribution is 2.09. The Morgan fingerprint density at radius 3 is 2.76 bits per heavy atom. The van der Waals surface area contributed by atoms with Gasteiger partial charge in [0, 0.05) is 24.9 Å². The average molecular weight is 353 g/mol. The van der Waals surface area contributed by atoms with E-state index >= 15 is 0 Å². The number of aromatic nitrogens is 2. The highest BCUT2D eigenvalue weighted by molar-refractivity contribution is 14.0. The molecule has 17 heavy (non-hydrogen) atoms. The van der Waals surface area contributed by atoms with Crippen LogP contribution in [0.15, 0.2) is 4.99 Å². The van der Waals surface area contributed by atoms with Gasteiger partial charge in [-0.15, -0.1) is 24.0 Å². The molecule has 98 valence electrons. The van der Waals surface area contributed by atoms with Crippen molar-refractivity contribution < 1.29 is 4.74 Å². The van der Waals surface area contributed by atoms with Gasteiger partial charge in [-0.3, -0.25) is 5.10 Å². The van der Waals surface area contributed by atoms with E-state index in [2.05, 4.69) is 20.5 Å². The number of halogens is 1. The SMILES string of the molecule is COCCNC(N)=NCc1c(C)n[nH]c1C.I. The molecule has 0 saturated carbocycles. The highest BCUT2D eigenvalue weighted by atomic mass is 127. The summed E-state index contributed by atoms with van der Waals surface area (Å²) < 4.78 is 4.89. The van der Waals surface area contributed by atoms with Crippen molar-refractivity contribution in [2.45, 2.75) is 20.4 Å². The van der Waals surface area contributed by atoms with E-state index in [-0.39, 0.29) is 24.0 Å². The molecule has 0 atom stereocenters. The zero-order chi connectivity index (χ0) is 12.0. The Balaban J connectivity index is 0.00000256. The molecule has 1 heterocycles. The molecule has 6 nitrogen and oxygen atoms in total. The van der Waals surface area contributed by atoms with Crippen LogP contribution in [0.2, 0.25) is 0 Å². The molecule has 0 aliphatic rings. The van der Waals surface area contributed by atoms with Crippen LogP contribution in [0.5, 0.6) is 0 Å². The van der Waals surface area contributed by atoms with Gasteiger partial charge in [0.2, 0.25) is 0 Å². The van der Waals surface area contributed by atoms with Gasteiger partial charge in [-0.25, -0.2) is 4.99 Å². The fourth-order valence-corrected chi connectivity index (χ4v) is 1.31. The molecule has 0 aromatic carbocycles. The number of ether oxygens (including phenoxy) is 1. The number of nitrogens with zero attached hydrogens (tertiary/aromatic N) is 2. The monoisotopic (exact) mass is 353 g/mol. The summed E-state index contributed by atoms with van der Waals surface area (Å²) in [5, 5.41) is 9.96. The van der Waals surface area contributed by atoms with Crippen LogP contribution in [0.1, 0.15) is 17.0 Å². The first-order valence-electron chi connectivity index (χ1n) is 5.18. The predicted octanol–water partition coefficient (Wildman–Crippen LogP) is 0.695. The van der Waals surface area contributed by atoms with Crippen molar-refractivity contribution in [1.29, 1.82) is 0 Å². The molecule has 0 saturated heterocycles. The zero-order valence-electron chi connectivity index (χ0n) is 10.4. The van der Waals surface area contributed by atoms with Gasteiger partial charge in [0.05, 0.1) is 18.8 Å². The number of nitrogens with one attached hydrogen (secondary N) is 2. The molecular weight excluding hydrogens is 333 g/mol. The maximum absolute atomic E-state index is 5.68. The van der Waals surface area contributed by atoms with E-state index in [1.807, 2.05) is 13.8 Å². The van der Waals surface area contributed by atoms with Gasteiger partial charge >= 0.3 is 0 Å². The lowest BCUT2D eigenvalue weighted by atomic mass is 10.2. The van der Waals surface area contributed by atoms with Gasteiger partial charge in [0.1, 0.15) is 0 Å². The zero-order valence-corrected chi connectivity index (χ0v) is 12.7. The van der Waals surface area contributed by atoms with Crippen LogP contribution in [-0.4, -0.2) is 36.4 Å². The van der Waals surface area contributed by atoms with Crippen LogP contribution in [0, 0.1) is 13.8 Å². The largest absolute Gasteiger partial charge is 0.383 e. The minimum absolute atomic E-state index is 0. The maximum atomic E-state index is 5.68. The Kier molecular flexibility index (Phi) is 7.88. The first-order chi connectivity index (χ1) is 7.65. The van der Waals surface area contributed by atoms with E-state index in [9.17, 15) is 0 Å². The third kappa shape index (κ3) is 5.35. The molecule has 0 aliphatic heterocycles. The number of hydrogen-bond acceptors (Lipinski definition) is 3. The van der Waals surface area contributed by atoms with E-state index in [4.69, 9.17) is 10.5 Å². The molecule has 0 unspecified atom stereocenters. The van der Waals surface area contributed by atoms with E-state index in [1.54, 1.807) is 7.11 Å². The second-order valence-corrected chi connectivity index (χ2v) is 3.53. The summed E-state index contributed by atoms with van der Waals surface area (Å²) >= 11 is 0. The number of aliphatic imine (C=N–C) groups is 1. The number of nitrogens with two attached hydrogens (primary N) is 1. The maximum Gasteiger partial charge on any atom is 0.189 e. The Hall–Kier alpha value is -0.830. The van der Waals surface area contributed by atoms with Crippen molar-refractivity contribution in [1.82, 2.24) is 15.5 Å². The molecule has 4 N–H and O–H groups in total.